The van der Waals surface area contributed by atoms with Crippen molar-refractivity contribution in [1.29, 1.82) is 0 Å². The largest absolute Gasteiger partial charge is 0.369 e. The molecule has 1 amide bonds. The summed E-state index contributed by atoms with van der Waals surface area (Å²) in [5, 5.41) is 3.03. The number of likely N-dealkylation sites (tertiary alicyclic amines) is 1. The molecule has 94 valence electrons. The van der Waals surface area contributed by atoms with Gasteiger partial charge in [-0.1, -0.05) is 6.92 Å². The van der Waals surface area contributed by atoms with Crippen LogP contribution in [0.15, 0.2) is 0 Å². The Bertz CT molecular complexity index is 211. The third kappa shape index (κ3) is 4.94. The molecule has 16 heavy (non-hydrogen) atoms. The SMILES string of the molecule is CCN1CCC(NC(=O)COC(C)C)CC1. The highest BCUT2D eigenvalue weighted by Crippen LogP contribution is 2.09. The van der Waals surface area contributed by atoms with Gasteiger partial charge in [0.1, 0.15) is 6.61 Å². The fraction of sp³-hybridized carbons (Fsp3) is 0.917. The Morgan fingerprint density at radius 2 is 2.06 bits per heavy atom. The van der Waals surface area contributed by atoms with Crippen LogP contribution in [0.2, 0.25) is 0 Å². The van der Waals surface area contributed by atoms with Crippen molar-refractivity contribution >= 4 is 5.91 Å². The second-order valence-corrected chi connectivity index (χ2v) is 4.64. The first kappa shape index (κ1) is 13.5. The van der Waals surface area contributed by atoms with Crippen LogP contribution >= 0.6 is 0 Å². The van der Waals surface area contributed by atoms with Crippen molar-refractivity contribution in [2.24, 2.45) is 0 Å². The Labute approximate surface area is 98.3 Å². The van der Waals surface area contributed by atoms with E-state index < -0.39 is 0 Å². The molecular weight excluding hydrogens is 204 g/mol. The number of nitrogens with one attached hydrogen (secondary N) is 1. The molecule has 4 heteroatoms. The smallest absolute Gasteiger partial charge is 0.246 e. The molecule has 0 aliphatic carbocycles. The minimum atomic E-state index is 0.0173. The normalized spacial score (nSPS) is 19.0. The van der Waals surface area contributed by atoms with Gasteiger partial charge >= 0.3 is 0 Å². The van der Waals surface area contributed by atoms with Crippen molar-refractivity contribution < 1.29 is 9.53 Å². The molecule has 0 spiro atoms. The van der Waals surface area contributed by atoms with E-state index >= 15 is 0 Å². The van der Waals surface area contributed by atoms with Gasteiger partial charge < -0.3 is 15.0 Å². The minimum absolute atomic E-state index is 0.0173. The van der Waals surface area contributed by atoms with Gasteiger partial charge in [-0.3, -0.25) is 4.79 Å². The van der Waals surface area contributed by atoms with Crippen molar-refractivity contribution in [3.05, 3.63) is 0 Å². The summed E-state index contributed by atoms with van der Waals surface area (Å²) in [5.41, 5.74) is 0. The molecule has 1 aliphatic rings. The number of hydrogen-bond donors (Lipinski definition) is 1. The van der Waals surface area contributed by atoms with Crippen LogP contribution in [-0.4, -0.2) is 49.2 Å². The van der Waals surface area contributed by atoms with E-state index in [4.69, 9.17) is 4.74 Å². The van der Waals surface area contributed by atoms with Crippen molar-refractivity contribution in [3.63, 3.8) is 0 Å². The number of carbonyl (C=O) groups excluding carboxylic acids is 1. The summed E-state index contributed by atoms with van der Waals surface area (Å²) in [4.78, 5) is 13.9. The van der Waals surface area contributed by atoms with Crippen LogP contribution in [0.25, 0.3) is 0 Å². The maximum atomic E-state index is 11.5. The minimum Gasteiger partial charge on any atom is -0.369 e. The number of carbonyl (C=O) groups is 1. The standard InChI is InChI=1S/C12H24N2O2/c1-4-14-7-5-11(6-8-14)13-12(15)9-16-10(2)3/h10-11H,4-9H2,1-3H3,(H,13,15). The average molecular weight is 228 g/mol. The highest BCUT2D eigenvalue weighted by molar-refractivity contribution is 5.77. The molecule has 0 saturated carbocycles. The van der Waals surface area contributed by atoms with E-state index in [2.05, 4.69) is 17.1 Å². The van der Waals surface area contributed by atoms with Gasteiger partial charge in [0.25, 0.3) is 0 Å². The monoisotopic (exact) mass is 228 g/mol. The van der Waals surface area contributed by atoms with Gasteiger partial charge in [-0.05, 0) is 33.2 Å². The van der Waals surface area contributed by atoms with Crippen molar-refractivity contribution in [1.82, 2.24) is 10.2 Å². The first-order valence-corrected chi connectivity index (χ1v) is 6.25. The molecule has 0 aromatic heterocycles. The number of rotatable bonds is 5. The summed E-state index contributed by atoms with van der Waals surface area (Å²) in [7, 11) is 0. The first-order valence-electron chi connectivity index (χ1n) is 6.25. The Morgan fingerprint density at radius 3 is 2.56 bits per heavy atom. The van der Waals surface area contributed by atoms with Crippen molar-refractivity contribution in [2.45, 2.75) is 45.8 Å². The topological polar surface area (TPSA) is 41.6 Å². The van der Waals surface area contributed by atoms with Gasteiger partial charge in [-0.25, -0.2) is 0 Å². The third-order valence-electron chi connectivity index (χ3n) is 2.95. The van der Waals surface area contributed by atoms with Crippen LogP contribution in [0, 0.1) is 0 Å². The van der Waals surface area contributed by atoms with Crippen molar-refractivity contribution in [2.75, 3.05) is 26.2 Å². The molecule has 0 radical (unpaired) electrons. The number of piperidine rings is 1. The molecule has 4 nitrogen and oxygen atoms in total. The summed E-state index contributed by atoms with van der Waals surface area (Å²) in [6, 6.07) is 0.339. The van der Waals surface area contributed by atoms with Crippen LogP contribution in [0.5, 0.6) is 0 Å². The lowest BCUT2D eigenvalue weighted by atomic mass is 10.1. The summed E-state index contributed by atoms with van der Waals surface area (Å²) in [6.07, 6.45) is 2.23. The maximum absolute atomic E-state index is 11.5. The molecule has 0 aromatic carbocycles. The summed E-state index contributed by atoms with van der Waals surface area (Å²) in [6.45, 7) is 9.52. The van der Waals surface area contributed by atoms with Gasteiger partial charge in [0.2, 0.25) is 5.91 Å². The maximum Gasteiger partial charge on any atom is 0.246 e. The van der Waals surface area contributed by atoms with Gasteiger partial charge in [0, 0.05) is 19.1 Å². The molecule has 1 heterocycles. The second-order valence-electron chi connectivity index (χ2n) is 4.64. The van der Waals surface area contributed by atoms with Gasteiger partial charge in [-0.2, -0.15) is 0 Å². The fourth-order valence-corrected chi connectivity index (χ4v) is 1.91. The van der Waals surface area contributed by atoms with E-state index in [1.54, 1.807) is 0 Å². The highest BCUT2D eigenvalue weighted by Gasteiger charge is 2.19. The van der Waals surface area contributed by atoms with Crippen LogP contribution in [-0.2, 0) is 9.53 Å². The van der Waals surface area contributed by atoms with Crippen LogP contribution in [0.3, 0.4) is 0 Å². The molecule has 0 unspecified atom stereocenters. The Hall–Kier alpha value is -0.610. The number of amides is 1. The second kappa shape index (κ2) is 6.86. The summed E-state index contributed by atoms with van der Waals surface area (Å²) in [5.74, 6) is 0.0173. The molecule has 1 fully saturated rings. The highest BCUT2D eigenvalue weighted by atomic mass is 16.5. The molecule has 0 bridgehead atoms. The Morgan fingerprint density at radius 1 is 1.44 bits per heavy atom. The molecule has 1 aliphatic heterocycles. The zero-order valence-corrected chi connectivity index (χ0v) is 10.7. The fourth-order valence-electron chi connectivity index (χ4n) is 1.91. The van der Waals surface area contributed by atoms with Gasteiger partial charge in [0.15, 0.2) is 0 Å². The van der Waals surface area contributed by atoms with Crippen LogP contribution < -0.4 is 5.32 Å². The average Bonchev–Trinajstić information content (AvgIpc) is 2.27. The van der Waals surface area contributed by atoms with E-state index in [0.717, 1.165) is 32.5 Å². The lowest BCUT2D eigenvalue weighted by Gasteiger charge is -2.31. The van der Waals surface area contributed by atoms with Gasteiger partial charge in [0.05, 0.1) is 6.10 Å². The number of ether oxygens (including phenoxy) is 1. The lowest BCUT2D eigenvalue weighted by molar-refractivity contribution is -0.128. The number of nitrogens with zero attached hydrogens (tertiary/aromatic N) is 1. The zero-order chi connectivity index (χ0) is 12.0. The molecule has 1 saturated heterocycles. The predicted octanol–water partition coefficient (Wildman–Crippen LogP) is 1.01. The molecular formula is C12H24N2O2. The third-order valence-corrected chi connectivity index (χ3v) is 2.95. The molecule has 0 atom stereocenters. The van der Waals surface area contributed by atoms with Crippen LogP contribution in [0.4, 0.5) is 0 Å². The summed E-state index contributed by atoms with van der Waals surface area (Å²) < 4.78 is 5.26. The lowest BCUT2D eigenvalue weighted by Crippen LogP contribution is -2.45. The van der Waals surface area contributed by atoms with E-state index in [1.165, 1.54) is 0 Å². The molecule has 1 N–H and O–H groups in total. The van der Waals surface area contributed by atoms with E-state index in [9.17, 15) is 4.79 Å². The van der Waals surface area contributed by atoms with Gasteiger partial charge in [-0.15, -0.1) is 0 Å². The van der Waals surface area contributed by atoms with Crippen LogP contribution in [0.1, 0.15) is 33.6 Å². The zero-order valence-electron chi connectivity index (χ0n) is 10.7. The predicted molar refractivity (Wildman–Crippen MR) is 64.4 cm³/mol. The number of hydrogen-bond acceptors (Lipinski definition) is 3. The Balaban J connectivity index is 2.15. The van der Waals surface area contributed by atoms with E-state index in [0.29, 0.717) is 6.04 Å². The molecule has 1 rings (SSSR count). The quantitative estimate of drug-likeness (QED) is 0.763. The molecule has 0 aromatic rings. The van der Waals surface area contributed by atoms with Crippen molar-refractivity contribution in [3.8, 4) is 0 Å². The van der Waals surface area contributed by atoms with E-state index in [1.807, 2.05) is 13.8 Å². The Kier molecular flexibility index (Phi) is 5.77. The van der Waals surface area contributed by atoms with E-state index in [-0.39, 0.29) is 18.6 Å². The first-order chi connectivity index (χ1) is 7.61. The summed E-state index contributed by atoms with van der Waals surface area (Å²) >= 11 is 0.